The van der Waals surface area contributed by atoms with E-state index in [9.17, 15) is 9.90 Å². The number of unbranched alkanes of at least 4 members (excludes halogenated alkanes) is 8. The summed E-state index contributed by atoms with van der Waals surface area (Å²) in [5.74, 6) is -0.240. The van der Waals surface area contributed by atoms with Crippen LogP contribution in [0.15, 0.2) is 0 Å². The minimum atomic E-state index is -0.427. The molecule has 0 aromatic heterocycles. The molecule has 1 atom stereocenters. The molecule has 4 nitrogen and oxygen atoms in total. The van der Waals surface area contributed by atoms with Gasteiger partial charge in [0.2, 0.25) is 0 Å². The SMILES string of the molecule is CCCCCCCCCCC(O)CNOC(=O)CCCC. The monoisotopic (exact) mass is 301 g/mol. The maximum Gasteiger partial charge on any atom is 0.324 e. The summed E-state index contributed by atoms with van der Waals surface area (Å²) in [4.78, 5) is 16.1. The van der Waals surface area contributed by atoms with Crippen LogP contribution in [0.25, 0.3) is 0 Å². The molecule has 0 aromatic carbocycles. The quantitative estimate of drug-likeness (QED) is 0.353. The van der Waals surface area contributed by atoms with Gasteiger partial charge in [-0.15, -0.1) is 0 Å². The Hall–Kier alpha value is -0.610. The van der Waals surface area contributed by atoms with Crippen LogP contribution in [0.5, 0.6) is 0 Å². The fourth-order valence-electron chi connectivity index (χ4n) is 2.21. The zero-order valence-electron chi connectivity index (χ0n) is 14.0. The van der Waals surface area contributed by atoms with Gasteiger partial charge in [-0.1, -0.05) is 71.6 Å². The van der Waals surface area contributed by atoms with E-state index in [1.807, 2.05) is 6.92 Å². The molecule has 0 aromatic rings. The largest absolute Gasteiger partial charge is 0.392 e. The zero-order chi connectivity index (χ0) is 15.8. The lowest BCUT2D eigenvalue weighted by Crippen LogP contribution is -2.29. The first-order valence-electron chi connectivity index (χ1n) is 8.81. The topological polar surface area (TPSA) is 58.6 Å². The molecule has 0 aliphatic carbocycles. The Labute approximate surface area is 130 Å². The zero-order valence-corrected chi connectivity index (χ0v) is 14.0. The Morgan fingerprint density at radius 3 is 2.14 bits per heavy atom. The molecule has 0 saturated heterocycles. The second kappa shape index (κ2) is 15.8. The second-order valence-corrected chi connectivity index (χ2v) is 5.84. The summed E-state index contributed by atoms with van der Waals surface area (Å²) < 4.78 is 0. The predicted octanol–water partition coefficient (Wildman–Crippen LogP) is 4.12. The summed E-state index contributed by atoms with van der Waals surface area (Å²) in [5.41, 5.74) is 2.57. The van der Waals surface area contributed by atoms with Crippen LogP contribution in [0.2, 0.25) is 0 Å². The molecule has 0 saturated carbocycles. The highest BCUT2D eigenvalue weighted by Crippen LogP contribution is 2.10. The highest BCUT2D eigenvalue weighted by Gasteiger charge is 2.06. The molecule has 2 N–H and O–H groups in total. The van der Waals surface area contributed by atoms with E-state index in [1.54, 1.807) is 0 Å². The summed E-state index contributed by atoms with van der Waals surface area (Å²) in [5, 5.41) is 9.76. The number of rotatable bonds is 15. The van der Waals surface area contributed by atoms with E-state index in [4.69, 9.17) is 4.84 Å². The van der Waals surface area contributed by atoms with Crippen molar-refractivity contribution in [1.82, 2.24) is 5.48 Å². The van der Waals surface area contributed by atoms with Gasteiger partial charge in [-0.25, -0.2) is 0 Å². The summed E-state index contributed by atoms with van der Waals surface area (Å²) in [7, 11) is 0. The van der Waals surface area contributed by atoms with Crippen molar-refractivity contribution in [3.63, 3.8) is 0 Å². The van der Waals surface area contributed by atoms with Crippen LogP contribution < -0.4 is 5.48 Å². The summed E-state index contributed by atoms with van der Waals surface area (Å²) >= 11 is 0. The Bertz CT molecular complexity index is 234. The van der Waals surface area contributed by atoms with Gasteiger partial charge in [-0.2, -0.15) is 5.48 Å². The lowest BCUT2D eigenvalue weighted by atomic mass is 10.1. The third kappa shape index (κ3) is 15.6. The van der Waals surface area contributed by atoms with E-state index in [-0.39, 0.29) is 5.97 Å². The van der Waals surface area contributed by atoms with Crippen molar-refractivity contribution < 1.29 is 14.7 Å². The van der Waals surface area contributed by atoms with Crippen LogP contribution in [0.1, 0.15) is 90.9 Å². The third-order valence-corrected chi connectivity index (χ3v) is 3.63. The van der Waals surface area contributed by atoms with Crippen molar-refractivity contribution in [3.05, 3.63) is 0 Å². The molecule has 0 radical (unpaired) electrons. The van der Waals surface area contributed by atoms with Crippen molar-refractivity contribution in [2.75, 3.05) is 6.54 Å². The van der Waals surface area contributed by atoms with Crippen molar-refractivity contribution in [2.45, 2.75) is 97.0 Å². The molecule has 0 bridgehead atoms. The van der Waals surface area contributed by atoms with Gasteiger partial charge in [0.25, 0.3) is 0 Å². The van der Waals surface area contributed by atoms with E-state index < -0.39 is 6.10 Å². The fourth-order valence-corrected chi connectivity index (χ4v) is 2.21. The number of hydrogen-bond donors (Lipinski definition) is 2. The first kappa shape index (κ1) is 20.4. The Kier molecular flexibility index (Phi) is 15.3. The molecule has 4 heteroatoms. The van der Waals surface area contributed by atoms with Gasteiger partial charge in [0.15, 0.2) is 0 Å². The van der Waals surface area contributed by atoms with Gasteiger partial charge in [0.1, 0.15) is 0 Å². The Morgan fingerprint density at radius 2 is 1.52 bits per heavy atom. The Morgan fingerprint density at radius 1 is 0.952 bits per heavy atom. The van der Waals surface area contributed by atoms with E-state index >= 15 is 0 Å². The third-order valence-electron chi connectivity index (χ3n) is 3.63. The lowest BCUT2D eigenvalue weighted by molar-refractivity contribution is -0.152. The van der Waals surface area contributed by atoms with Crippen LogP contribution in [-0.2, 0) is 9.63 Å². The standard InChI is InChI=1S/C17H35NO3/c1-3-5-7-8-9-10-11-12-13-16(19)15-18-21-17(20)14-6-4-2/h16,18-19H,3-15H2,1-2H3. The number of nitrogens with one attached hydrogen (secondary N) is 1. The van der Waals surface area contributed by atoms with Gasteiger partial charge in [-0.3, -0.25) is 4.79 Å². The number of carbonyl (C=O) groups excluding carboxylic acids is 1. The number of aliphatic hydroxyl groups excluding tert-OH is 1. The molecule has 126 valence electrons. The number of carbonyl (C=O) groups is 1. The first-order valence-corrected chi connectivity index (χ1v) is 8.81. The second-order valence-electron chi connectivity index (χ2n) is 5.84. The number of hydrogen-bond acceptors (Lipinski definition) is 4. The molecule has 0 aliphatic heterocycles. The molecular weight excluding hydrogens is 266 g/mol. The van der Waals surface area contributed by atoms with Gasteiger partial charge in [0.05, 0.1) is 12.6 Å². The minimum absolute atomic E-state index is 0.240. The van der Waals surface area contributed by atoms with E-state index in [0.29, 0.717) is 13.0 Å². The van der Waals surface area contributed by atoms with Gasteiger partial charge >= 0.3 is 5.97 Å². The van der Waals surface area contributed by atoms with Gasteiger partial charge in [-0.05, 0) is 12.8 Å². The molecule has 21 heavy (non-hydrogen) atoms. The number of aliphatic hydroxyl groups is 1. The van der Waals surface area contributed by atoms with Crippen molar-refractivity contribution in [3.8, 4) is 0 Å². The molecule has 1 unspecified atom stereocenters. The van der Waals surface area contributed by atoms with E-state index in [2.05, 4.69) is 12.4 Å². The van der Waals surface area contributed by atoms with Crippen LogP contribution >= 0.6 is 0 Å². The summed E-state index contributed by atoms with van der Waals surface area (Å²) in [6.07, 6.45) is 12.7. The smallest absolute Gasteiger partial charge is 0.324 e. The molecule has 0 heterocycles. The first-order chi connectivity index (χ1) is 10.2. The molecule has 0 spiro atoms. The maximum atomic E-state index is 11.2. The lowest BCUT2D eigenvalue weighted by Gasteiger charge is -2.11. The molecular formula is C17H35NO3. The molecule has 0 amide bonds. The number of hydroxylamine groups is 1. The van der Waals surface area contributed by atoms with Gasteiger partial charge in [0, 0.05) is 6.42 Å². The highest BCUT2D eigenvalue weighted by atomic mass is 16.7. The van der Waals surface area contributed by atoms with Crippen LogP contribution in [0.4, 0.5) is 0 Å². The average Bonchev–Trinajstić information content (AvgIpc) is 2.48. The molecule has 0 aliphatic rings. The van der Waals surface area contributed by atoms with Crippen molar-refractivity contribution in [1.29, 1.82) is 0 Å². The van der Waals surface area contributed by atoms with Crippen LogP contribution in [0, 0.1) is 0 Å². The summed E-state index contributed by atoms with van der Waals surface area (Å²) in [6.45, 7) is 4.60. The maximum absolute atomic E-state index is 11.2. The van der Waals surface area contributed by atoms with Crippen molar-refractivity contribution in [2.24, 2.45) is 0 Å². The minimum Gasteiger partial charge on any atom is -0.392 e. The summed E-state index contributed by atoms with van der Waals surface area (Å²) in [6, 6.07) is 0. The van der Waals surface area contributed by atoms with Crippen LogP contribution in [0.3, 0.4) is 0 Å². The highest BCUT2D eigenvalue weighted by molar-refractivity contribution is 5.68. The predicted molar refractivity (Wildman–Crippen MR) is 86.9 cm³/mol. The van der Waals surface area contributed by atoms with E-state index in [0.717, 1.165) is 25.7 Å². The molecule has 0 fully saturated rings. The van der Waals surface area contributed by atoms with Crippen LogP contribution in [-0.4, -0.2) is 23.7 Å². The van der Waals surface area contributed by atoms with E-state index in [1.165, 1.54) is 44.9 Å². The van der Waals surface area contributed by atoms with Gasteiger partial charge < -0.3 is 9.94 Å². The Balaban J connectivity index is 3.26. The molecule has 0 rings (SSSR count). The normalized spacial score (nSPS) is 12.3. The van der Waals surface area contributed by atoms with Crippen molar-refractivity contribution >= 4 is 5.97 Å². The fraction of sp³-hybridized carbons (Fsp3) is 0.941. The average molecular weight is 301 g/mol.